The van der Waals surface area contributed by atoms with Gasteiger partial charge in [0.05, 0.1) is 13.2 Å². The zero-order valence-electron chi connectivity index (χ0n) is 14.1. The van der Waals surface area contributed by atoms with Crippen LogP contribution < -0.4 is 10.6 Å². The summed E-state index contributed by atoms with van der Waals surface area (Å²) in [6, 6.07) is 21.3. The maximum absolute atomic E-state index is 5.68. The lowest BCUT2D eigenvalue weighted by Gasteiger charge is -2.12. The second kappa shape index (κ2) is 8.50. The van der Waals surface area contributed by atoms with E-state index in [1.807, 2.05) is 18.2 Å². The van der Waals surface area contributed by atoms with Gasteiger partial charge < -0.3 is 15.4 Å². The molecule has 2 unspecified atom stereocenters. The second-order valence-electron chi connectivity index (χ2n) is 6.04. The first kappa shape index (κ1) is 16.5. The van der Waals surface area contributed by atoms with Gasteiger partial charge in [-0.1, -0.05) is 60.7 Å². The van der Waals surface area contributed by atoms with Crippen molar-refractivity contribution >= 4 is 5.96 Å². The van der Waals surface area contributed by atoms with Crippen LogP contribution in [0.15, 0.2) is 65.7 Å². The van der Waals surface area contributed by atoms with Crippen molar-refractivity contribution in [2.24, 2.45) is 4.99 Å². The van der Waals surface area contributed by atoms with Gasteiger partial charge in [0.15, 0.2) is 5.96 Å². The molecule has 2 aromatic carbocycles. The molecule has 4 nitrogen and oxygen atoms in total. The van der Waals surface area contributed by atoms with E-state index in [4.69, 9.17) is 4.74 Å². The lowest BCUT2D eigenvalue weighted by molar-refractivity contribution is 0.125. The molecular weight excluding hydrogens is 298 g/mol. The van der Waals surface area contributed by atoms with Crippen molar-refractivity contribution in [2.45, 2.75) is 25.0 Å². The third kappa shape index (κ3) is 4.83. The van der Waals surface area contributed by atoms with Crippen molar-refractivity contribution in [3.05, 3.63) is 71.8 Å². The first-order valence-electron chi connectivity index (χ1n) is 8.50. The molecule has 2 atom stereocenters. The van der Waals surface area contributed by atoms with E-state index in [0.29, 0.717) is 25.2 Å². The monoisotopic (exact) mass is 323 g/mol. The summed E-state index contributed by atoms with van der Waals surface area (Å²) < 4.78 is 5.68. The molecule has 0 aromatic heterocycles. The van der Waals surface area contributed by atoms with Crippen LogP contribution in [0.3, 0.4) is 0 Å². The molecule has 0 aliphatic heterocycles. The quantitative estimate of drug-likeness (QED) is 0.468. The number of benzene rings is 2. The molecule has 1 saturated carbocycles. The Morgan fingerprint density at radius 3 is 2.50 bits per heavy atom. The lowest BCUT2D eigenvalue weighted by Crippen LogP contribution is -2.40. The lowest BCUT2D eigenvalue weighted by atomic mass is 10.1. The van der Waals surface area contributed by atoms with Gasteiger partial charge in [0, 0.05) is 25.6 Å². The Labute approximate surface area is 144 Å². The molecule has 4 heteroatoms. The van der Waals surface area contributed by atoms with Crippen molar-refractivity contribution in [3.63, 3.8) is 0 Å². The summed E-state index contributed by atoms with van der Waals surface area (Å²) in [6.45, 7) is 2.05. The fraction of sp³-hybridized carbons (Fsp3) is 0.350. The number of aliphatic imine (C=N–C) groups is 1. The molecule has 0 spiro atoms. The van der Waals surface area contributed by atoms with Gasteiger partial charge in [-0.05, 0) is 17.5 Å². The predicted molar refractivity (Wildman–Crippen MR) is 98.2 cm³/mol. The van der Waals surface area contributed by atoms with E-state index < -0.39 is 0 Å². The molecule has 3 rings (SSSR count). The molecule has 0 amide bonds. The van der Waals surface area contributed by atoms with E-state index in [-0.39, 0.29) is 0 Å². The minimum atomic E-state index is 0.476. The van der Waals surface area contributed by atoms with Crippen LogP contribution in [0.2, 0.25) is 0 Å². The standard InChI is InChI=1S/C20H25N3O/c1-21-20(22-12-13-24-15-16-8-4-2-5-9-16)23-19-14-18(19)17-10-6-3-7-11-17/h2-11,18-19H,12-15H2,1H3,(H2,21,22,23). The number of guanidine groups is 1. The van der Waals surface area contributed by atoms with Crippen LogP contribution in [0.4, 0.5) is 0 Å². The zero-order chi connectivity index (χ0) is 16.6. The fourth-order valence-electron chi connectivity index (χ4n) is 2.80. The molecule has 0 heterocycles. The highest BCUT2D eigenvalue weighted by atomic mass is 16.5. The summed E-state index contributed by atoms with van der Waals surface area (Å²) in [7, 11) is 1.81. The van der Waals surface area contributed by atoms with Gasteiger partial charge in [-0.3, -0.25) is 4.99 Å². The van der Waals surface area contributed by atoms with Gasteiger partial charge in [0.25, 0.3) is 0 Å². The Morgan fingerprint density at radius 2 is 1.79 bits per heavy atom. The Morgan fingerprint density at radius 1 is 1.08 bits per heavy atom. The Bertz CT molecular complexity index is 642. The van der Waals surface area contributed by atoms with Crippen LogP contribution in [-0.4, -0.2) is 32.2 Å². The van der Waals surface area contributed by atoms with Crippen LogP contribution in [0, 0.1) is 0 Å². The van der Waals surface area contributed by atoms with Crippen molar-refractivity contribution in [1.29, 1.82) is 0 Å². The number of ether oxygens (including phenoxy) is 1. The van der Waals surface area contributed by atoms with Gasteiger partial charge in [0.1, 0.15) is 0 Å². The third-order valence-electron chi connectivity index (χ3n) is 4.21. The first-order valence-corrected chi connectivity index (χ1v) is 8.50. The first-order chi connectivity index (χ1) is 11.9. The highest BCUT2D eigenvalue weighted by Gasteiger charge is 2.38. The smallest absolute Gasteiger partial charge is 0.191 e. The number of rotatable bonds is 7. The predicted octanol–water partition coefficient (Wildman–Crippen LogP) is 2.92. The molecule has 2 aromatic rings. The summed E-state index contributed by atoms with van der Waals surface area (Å²) >= 11 is 0. The van der Waals surface area contributed by atoms with Gasteiger partial charge in [0.2, 0.25) is 0 Å². The summed E-state index contributed by atoms with van der Waals surface area (Å²) in [5.74, 6) is 1.45. The highest BCUT2D eigenvalue weighted by molar-refractivity contribution is 5.80. The average molecular weight is 323 g/mol. The highest BCUT2D eigenvalue weighted by Crippen LogP contribution is 2.40. The minimum Gasteiger partial charge on any atom is -0.375 e. The number of hydrogen-bond acceptors (Lipinski definition) is 2. The van der Waals surface area contributed by atoms with Crippen LogP contribution in [-0.2, 0) is 11.3 Å². The molecule has 126 valence electrons. The van der Waals surface area contributed by atoms with Crippen LogP contribution in [0.1, 0.15) is 23.5 Å². The molecule has 1 aliphatic rings. The Balaban J connectivity index is 1.33. The summed E-state index contributed by atoms with van der Waals surface area (Å²) in [5, 5.41) is 6.79. The summed E-state index contributed by atoms with van der Waals surface area (Å²) in [6.07, 6.45) is 1.16. The minimum absolute atomic E-state index is 0.476. The molecular formula is C20H25N3O. The maximum Gasteiger partial charge on any atom is 0.191 e. The van der Waals surface area contributed by atoms with Crippen molar-refractivity contribution in [1.82, 2.24) is 10.6 Å². The Kier molecular flexibility index (Phi) is 5.85. The molecule has 0 radical (unpaired) electrons. The van der Waals surface area contributed by atoms with Crippen LogP contribution in [0.25, 0.3) is 0 Å². The van der Waals surface area contributed by atoms with E-state index in [1.165, 1.54) is 11.1 Å². The molecule has 1 fully saturated rings. The van der Waals surface area contributed by atoms with Crippen LogP contribution in [0.5, 0.6) is 0 Å². The SMILES string of the molecule is CN=C(NCCOCc1ccccc1)NC1CC1c1ccccc1. The third-order valence-corrected chi connectivity index (χ3v) is 4.21. The average Bonchev–Trinajstić information content (AvgIpc) is 3.41. The van der Waals surface area contributed by atoms with E-state index in [2.05, 4.69) is 58.1 Å². The van der Waals surface area contributed by atoms with Gasteiger partial charge in [-0.2, -0.15) is 0 Å². The van der Waals surface area contributed by atoms with E-state index >= 15 is 0 Å². The van der Waals surface area contributed by atoms with Crippen LogP contribution >= 0.6 is 0 Å². The van der Waals surface area contributed by atoms with Crippen molar-refractivity contribution < 1.29 is 4.74 Å². The summed E-state index contributed by atoms with van der Waals surface area (Å²) in [5.41, 5.74) is 2.60. The molecule has 24 heavy (non-hydrogen) atoms. The topological polar surface area (TPSA) is 45.7 Å². The van der Waals surface area contributed by atoms with E-state index in [1.54, 1.807) is 7.05 Å². The molecule has 0 bridgehead atoms. The van der Waals surface area contributed by atoms with E-state index in [0.717, 1.165) is 18.9 Å². The normalized spacial score (nSPS) is 19.8. The number of hydrogen-bond donors (Lipinski definition) is 2. The molecule has 1 aliphatic carbocycles. The van der Waals surface area contributed by atoms with Crippen molar-refractivity contribution in [3.8, 4) is 0 Å². The molecule has 2 N–H and O–H groups in total. The Hall–Kier alpha value is -2.33. The van der Waals surface area contributed by atoms with Gasteiger partial charge in [-0.25, -0.2) is 0 Å². The molecule has 0 saturated heterocycles. The van der Waals surface area contributed by atoms with Gasteiger partial charge in [-0.15, -0.1) is 0 Å². The van der Waals surface area contributed by atoms with E-state index in [9.17, 15) is 0 Å². The maximum atomic E-state index is 5.68. The number of nitrogens with zero attached hydrogens (tertiary/aromatic N) is 1. The van der Waals surface area contributed by atoms with Gasteiger partial charge >= 0.3 is 0 Å². The second-order valence-corrected chi connectivity index (χ2v) is 6.04. The van der Waals surface area contributed by atoms with Crippen molar-refractivity contribution in [2.75, 3.05) is 20.2 Å². The largest absolute Gasteiger partial charge is 0.375 e. The zero-order valence-corrected chi connectivity index (χ0v) is 14.1. The number of nitrogens with one attached hydrogen (secondary N) is 2. The summed E-state index contributed by atoms with van der Waals surface area (Å²) in [4.78, 5) is 4.29. The fourth-order valence-corrected chi connectivity index (χ4v) is 2.80.